The highest BCUT2D eigenvalue weighted by atomic mass is 35.5. The fourth-order valence-corrected chi connectivity index (χ4v) is 5.40. The Kier molecular flexibility index (Phi) is 4.75. The summed E-state index contributed by atoms with van der Waals surface area (Å²) >= 11 is 5.91. The van der Waals surface area contributed by atoms with E-state index < -0.39 is 0 Å². The maximum Gasteiger partial charge on any atom is 0.251 e. The minimum atomic E-state index is 0.00552. The summed E-state index contributed by atoms with van der Waals surface area (Å²) in [6, 6.07) is 11.5. The molecule has 2 heterocycles. The monoisotopic (exact) mass is 405 g/mol. The molecular formula is C24H24ClN3O. The van der Waals surface area contributed by atoms with Gasteiger partial charge in [-0.15, -0.1) is 0 Å². The molecular weight excluding hydrogens is 382 g/mol. The number of fused-ring (bicyclic) bond motifs is 1. The van der Waals surface area contributed by atoms with Crippen LogP contribution in [0.4, 0.5) is 0 Å². The van der Waals surface area contributed by atoms with Gasteiger partial charge in [-0.2, -0.15) is 0 Å². The molecule has 1 N–H and O–H groups in total. The molecule has 0 unspecified atom stereocenters. The second-order valence-corrected chi connectivity index (χ2v) is 9.09. The summed E-state index contributed by atoms with van der Waals surface area (Å²) < 4.78 is 0. The minimum absolute atomic E-state index is 0.00552. The third-order valence-electron chi connectivity index (χ3n) is 6.86. The highest BCUT2D eigenvalue weighted by Gasteiger charge is 2.46. The van der Waals surface area contributed by atoms with Gasteiger partial charge in [0, 0.05) is 40.6 Å². The molecule has 1 amide bonds. The Morgan fingerprint density at radius 1 is 1.03 bits per heavy atom. The Hall–Kier alpha value is -2.46. The minimum Gasteiger partial charge on any atom is -0.349 e. The van der Waals surface area contributed by atoms with Gasteiger partial charge in [0.1, 0.15) is 0 Å². The number of pyridine rings is 2. The molecule has 2 saturated carbocycles. The number of nitrogens with one attached hydrogen (secondary N) is 1. The van der Waals surface area contributed by atoms with Crippen LogP contribution in [0.25, 0.3) is 10.9 Å². The van der Waals surface area contributed by atoms with E-state index >= 15 is 0 Å². The molecule has 2 aromatic heterocycles. The van der Waals surface area contributed by atoms with Gasteiger partial charge in [-0.05, 0) is 91.8 Å². The first-order valence-corrected chi connectivity index (χ1v) is 10.7. The smallest absolute Gasteiger partial charge is 0.251 e. The van der Waals surface area contributed by atoms with Crippen LogP contribution in [-0.2, 0) is 0 Å². The van der Waals surface area contributed by atoms with Crippen molar-refractivity contribution in [1.82, 2.24) is 15.3 Å². The first-order chi connectivity index (χ1) is 14.1. The summed E-state index contributed by atoms with van der Waals surface area (Å²) in [5.74, 6) is 0.587. The van der Waals surface area contributed by atoms with E-state index in [4.69, 9.17) is 11.6 Å². The first-order valence-electron chi connectivity index (χ1n) is 10.4. The van der Waals surface area contributed by atoms with Gasteiger partial charge in [0.25, 0.3) is 5.91 Å². The van der Waals surface area contributed by atoms with Gasteiger partial charge in [0.2, 0.25) is 0 Å². The van der Waals surface area contributed by atoms with Crippen molar-refractivity contribution in [3.8, 4) is 0 Å². The summed E-state index contributed by atoms with van der Waals surface area (Å²) in [5.41, 5.74) is 3.52. The van der Waals surface area contributed by atoms with E-state index in [1.54, 1.807) is 24.3 Å². The molecule has 1 aromatic carbocycles. The number of halogens is 1. The molecule has 29 heavy (non-hydrogen) atoms. The lowest BCUT2D eigenvalue weighted by molar-refractivity contribution is 0.0312. The van der Waals surface area contributed by atoms with Crippen molar-refractivity contribution >= 4 is 28.4 Å². The number of hydrogen-bond acceptors (Lipinski definition) is 3. The van der Waals surface area contributed by atoms with Crippen LogP contribution in [0.1, 0.15) is 60.4 Å². The van der Waals surface area contributed by atoms with Crippen molar-refractivity contribution in [3.63, 3.8) is 0 Å². The molecule has 3 aromatic rings. The van der Waals surface area contributed by atoms with E-state index in [1.807, 2.05) is 24.7 Å². The molecule has 2 aliphatic carbocycles. The molecule has 0 radical (unpaired) electrons. The number of hydrogen-bond donors (Lipinski definition) is 1. The highest BCUT2D eigenvalue weighted by Crippen LogP contribution is 2.54. The molecule has 5 heteroatoms. The summed E-state index contributed by atoms with van der Waals surface area (Å²) in [5, 5.41) is 5.04. The molecule has 0 aliphatic heterocycles. The number of aromatic nitrogens is 2. The fourth-order valence-electron chi connectivity index (χ4n) is 5.27. The van der Waals surface area contributed by atoms with Crippen LogP contribution >= 0.6 is 11.6 Å². The van der Waals surface area contributed by atoms with Gasteiger partial charge < -0.3 is 5.32 Å². The van der Waals surface area contributed by atoms with E-state index in [0.29, 0.717) is 28.0 Å². The van der Waals surface area contributed by atoms with Gasteiger partial charge >= 0.3 is 0 Å². The van der Waals surface area contributed by atoms with Crippen LogP contribution in [0.5, 0.6) is 0 Å². The number of carbonyl (C=O) groups is 1. The quantitative estimate of drug-likeness (QED) is 0.624. The summed E-state index contributed by atoms with van der Waals surface area (Å²) in [4.78, 5) is 21.2. The largest absolute Gasteiger partial charge is 0.349 e. The van der Waals surface area contributed by atoms with Gasteiger partial charge in [-0.25, -0.2) is 0 Å². The zero-order valence-corrected chi connectivity index (χ0v) is 17.0. The van der Waals surface area contributed by atoms with Crippen LogP contribution in [0.15, 0.2) is 55.0 Å². The molecule has 148 valence electrons. The maximum absolute atomic E-state index is 12.4. The average molecular weight is 406 g/mol. The zero-order chi connectivity index (χ0) is 19.8. The average Bonchev–Trinajstić information content (AvgIpc) is 2.73. The van der Waals surface area contributed by atoms with Gasteiger partial charge in [-0.3, -0.25) is 14.8 Å². The van der Waals surface area contributed by atoms with Crippen LogP contribution < -0.4 is 5.32 Å². The Labute approximate surface area is 175 Å². The van der Waals surface area contributed by atoms with Crippen molar-refractivity contribution in [2.45, 2.75) is 50.5 Å². The predicted octanol–water partition coefficient (Wildman–Crippen LogP) is 5.52. The fraction of sp³-hybridized carbons (Fsp3) is 0.375. The van der Waals surface area contributed by atoms with Crippen LogP contribution in [0, 0.1) is 5.41 Å². The van der Waals surface area contributed by atoms with Gasteiger partial charge in [-0.1, -0.05) is 11.6 Å². The van der Waals surface area contributed by atoms with Crippen molar-refractivity contribution in [3.05, 3.63) is 71.1 Å². The standard InChI is InChI=1S/C24H24ClN3O/c25-18-3-1-17(2-4-18)23(29)28-19-13-24(14-19)9-5-16(6-10-24)20-7-12-27-22-8-11-26-15-21(20)22/h1-4,7-8,11-12,15-16,19H,5-6,9-10,13-14H2,(H,28,29). The lowest BCUT2D eigenvalue weighted by atomic mass is 9.56. The molecule has 0 atom stereocenters. The van der Waals surface area contributed by atoms with Gasteiger partial charge in [0.05, 0.1) is 5.52 Å². The molecule has 2 aliphatic rings. The zero-order valence-electron chi connectivity index (χ0n) is 16.3. The molecule has 5 rings (SSSR count). The third-order valence-corrected chi connectivity index (χ3v) is 7.12. The number of benzene rings is 1. The number of rotatable bonds is 3. The lowest BCUT2D eigenvalue weighted by Gasteiger charge is -2.52. The Morgan fingerprint density at radius 3 is 2.55 bits per heavy atom. The van der Waals surface area contributed by atoms with Crippen LogP contribution in [-0.4, -0.2) is 21.9 Å². The summed E-state index contributed by atoms with van der Waals surface area (Å²) in [7, 11) is 0. The molecule has 0 saturated heterocycles. The van der Waals surface area contributed by atoms with Crippen molar-refractivity contribution in [2.24, 2.45) is 5.41 Å². The predicted molar refractivity (Wildman–Crippen MR) is 115 cm³/mol. The molecule has 4 nitrogen and oxygen atoms in total. The van der Waals surface area contributed by atoms with E-state index in [1.165, 1.54) is 36.6 Å². The maximum atomic E-state index is 12.4. The first kappa shape index (κ1) is 18.6. The third kappa shape index (κ3) is 3.62. The Bertz CT molecular complexity index is 1030. The number of carbonyl (C=O) groups excluding carboxylic acids is 1. The second kappa shape index (κ2) is 7.42. The van der Waals surface area contributed by atoms with Crippen LogP contribution in [0.2, 0.25) is 5.02 Å². The normalized spacial score (nSPS) is 26.2. The summed E-state index contributed by atoms with van der Waals surface area (Å²) in [6.07, 6.45) is 12.7. The Balaban J connectivity index is 1.19. The van der Waals surface area contributed by atoms with E-state index in [2.05, 4.69) is 21.4 Å². The van der Waals surface area contributed by atoms with Crippen molar-refractivity contribution < 1.29 is 4.79 Å². The number of amides is 1. The molecule has 1 spiro atoms. The topological polar surface area (TPSA) is 54.9 Å². The van der Waals surface area contributed by atoms with E-state index in [-0.39, 0.29) is 5.91 Å². The van der Waals surface area contributed by atoms with Crippen LogP contribution in [0.3, 0.4) is 0 Å². The molecule has 0 bridgehead atoms. The SMILES string of the molecule is O=C(NC1CC2(CCC(c3ccnc4ccncc34)CC2)C1)c1ccc(Cl)cc1. The highest BCUT2D eigenvalue weighted by molar-refractivity contribution is 6.30. The van der Waals surface area contributed by atoms with Crippen molar-refractivity contribution in [2.75, 3.05) is 0 Å². The Morgan fingerprint density at radius 2 is 1.79 bits per heavy atom. The van der Waals surface area contributed by atoms with Gasteiger partial charge in [0.15, 0.2) is 0 Å². The van der Waals surface area contributed by atoms with E-state index in [0.717, 1.165) is 18.4 Å². The molecule has 2 fully saturated rings. The van der Waals surface area contributed by atoms with E-state index in [9.17, 15) is 4.79 Å². The van der Waals surface area contributed by atoms with Crippen molar-refractivity contribution in [1.29, 1.82) is 0 Å². The number of nitrogens with zero attached hydrogens (tertiary/aromatic N) is 2. The lowest BCUT2D eigenvalue weighted by Crippen LogP contribution is -2.51. The summed E-state index contributed by atoms with van der Waals surface area (Å²) in [6.45, 7) is 0. The second-order valence-electron chi connectivity index (χ2n) is 8.65.